The fourth-order valence-corrected chi connectivity index (χ4v) is 5.85. The minimum Gasteiger partial charge on any atom is -0.457 e. The molecule has 0 aliphatic rings. The Balaban J connectivity index is 0.000000263. The molecule has 1 amide bonds. The molecule has 0 radical (unpaired) electrons. The van der Waals surface area contributed by atoms with Gasteiger partial charge in [0.1, 0.15) is 23.8 Å². The Morgan fingerprint density at radius 1 is 0.642 bits per heavy atom. The summed E-state index contributed by atoms with van der Waals surface area (Å²) in [7, 11) is 3.22. The number of nitrogens with one attached hydrogen (secondary N) is 1. The van der Waals surface area contributed by atoms with Gasteiger partial charge in [0.25, 0.3) is 5.91 Å². The molecule has 67 heavy (non-hydrogen) atoms. The summed E-state index contributed by atoms with van der Waals surface area (Å²) in [5.41, 5.74) is 7.27. The van der Waals surface area contributed by atoms with Crippen molar-refractivity contribution in [2.45, 2.75) is 45.1 Å². The number of aryl methyl sites for hydroxylation is 2. The van der Waals surface area contributed by atoms with E-state index in [4.69, 9.17) is 15.2 Å². The summed E-state index contributed by atoms with van der Waals surface area (Å²) in [4.78, 5) is 66.5. The van der Waals surface area contributed by atoms with Crippen LogP contribution in [0.1, 0.15) is 64.8 Å². The van der Waals surface area contributed by atoms with E-state index in [1.165, 1.54) is 60.4 Å². The van der Waals surface area contributed by atoms with Crippen LogP contribution in [0, 0.1) is 23.5 Å². The number of carbonyl (C=O) groups excluding carboxylic acids is 3. The molecule has 0 saturated carbocycles. The van der Waals surface area contributed by atoms with Gasteiger partial charge in [-0.2, -0.15) is 32.1 Å². The lowest BCUT2D eigenvalue weighted by atomic mass is 10.1. The summed E-state index contributed by atoms with van der Waals surface area (Å²) in [6.07, 6.45) is 3.88. The van der Waals surface area contributed by atoms with Crippen molar-refractivity contribution in [3.8, 4) is 22.8 Å². The Morgan fingerprint density at radius 2 is 1.06 bits per heavy atom. The Kier molecular flexibility index (Phi) is 15.9. The Morgan fingerprint density at radius 3 is 1.48 bits per heavy atom. The van der Waals surface area contributed by atoms with Crippen LogP contribution in [0.15, 0.2) is 74.1 Å². The van der Waals surface area contributed by atoms with Crippen LogP contribution in [0.2, 0.25) is 0 Å². The smallest absolute Gasteiger partial charge is 0.451 e. The molecule has 0 spiro atoms. The summed E-state index contributed by atoms with van der Waals surface area (Å²) in [5, 5.41) is 10.6. The molecule has 0 aliphatic carbocycles. The lowest BCUT2D eigenvalue weighted by molar-refractivity contribution is -0.149. The fourth-order valence-electron chi connectivity index (χ4n) is 5.85. The van der Waals surface area contributed by atoms with Crippen molar-refractivity contribution in [1.82, 2.24) is 59.4 Å². The maximum absolute atomic E-state index is 13.9. The van der Waals surface area contributed by atoms with Crippen molar-refractivity contribution in [1.29, 1.82) is 0 Å². The Hall–Kier alpha value is -8.03. The highest BCUT2D eigenvalue weighted by molar-refractivity contribution is 6.03. The van der Waals surface area contributed by atoms with Crippen molar-refractivity contribution in [3.63, 3.8) is 0 Å². The molecule has 7 heterocycles. The fraction of sp³-hybridized carbons (Fsp3) is 0.225. The molecular weight excluding hydrogens is 925 g/mol. The van der Waals surface area contributed by atoms with Crippen molar-refractivity contribution < 1.29 is 54.6 Å². The van der Waals surface area contributed by atoms with Crippen LogP contribution >= 0.6 is 12.4 Å². The highest BCUT2D eigenvalue weighted by Crippen LogP contribution is 2.27. The number of halogens is 8. The zero-order valence-electron chi connectivity index (χ0n) is 35.0. The molecule has 0 saturated heterocycles. The first-order valence-corrected chi connectivity index (χ1v) is 18.9. The maximum atomic E-state index is 13.9. The summed E-state index contributed by atoms with van der Waals surface area (Å²) in [6.45, 7) is 2.80. The molecule has 2 atom stereocenters. The number of esters is 2. The number of nitrogens with two attached hydrogens (primary N) is 1. The molecule has 350 valence electrons. The number of anilines is 2. The molecule has 27 heteroatoms. The molecular formula is C40H34ClF7N14O5. The predicted octanol–water partition coefficient (Wildman–Crippen LogP) is 5.86. The van der Waals surface area contributed by atoms with Gasteiger partial charge in [-0.3, -0.25) is 23.7 Å². The van der Waals surface area contributed by atoms with Gasteiger partial charge in [-0.15, -0.1) is 12.4 Å². The average Bonchev–Trinajstić information content (AvgIpc) is 3.82. The van der Waals surface area contributed by atoms with Gasteiger partial charge in [-0.1, -0.05) is 0 Å². The molecule has 0 fully saturated rings. The minimum atomic E-state index is -4.74. The molecule has 0 aliphatic heterocycles. The average molecular weight is 959 g/mol. The molecule has 0 aromatic carbocycles. The van der Waals surface area contributed by atoms with E-state index < -0.39 is 65.6 Å². The second kappa shape index (κ2) is 21.3. The monoisotopic (exact) mass is 958 g/mol. The first kappa shape index (κ1) is 50.0. The number of amides is 1. The van der Waals surface area contributed by atoms with Gasteiger partial charge in [0.05, 0.1) is 113 Å². The van der Waals surface area contributed by atoms with Gasteiger partial charge < -0.3 is 20.5 Å². The molecule has 7 rings (SSSR count). The Bertz CT molecular complexity index is 2870. The van der Waals surface area contributed by atoms with E-state index in [0.29, 0.717) is 40.2 Å². The summed E-state index contributed by atoms with van der Waals surface area (Å²) in [5.74, 6) is -6.46. The number of carbonyl (C=O) groups is 3. The third-order valence-electron chi connectivity index (χ3n) is 9.14. The second-order valence-electron chi connectivity index (χ2n) is 13.8. The van der Waals surface area contributed by atoms with E-state index in [9.17, 15) is 45.1 Å². The quantitative estimate of drug-likeness (QED) is 0.0827. The molecule has 19 nitrogen and oxygen atoms in total. The van der Waals surface area contributed by atoms with Crippen LogP contribution in [0.4, 0.5) is 42.1 Å². The highest BCUT2D eigenvalue weighted by atomic mass is 35.5. The lowest BCUT2D eigenvalue weighted by Crippen LogP contribution is -2.16. The molecule has 0 bridgehead atoms. The van der Waals surface area contributed by atoms with Crippen LogP contribution in [0.3, 0.4) is 0 Å². The number of ether oxygens (including phenoxy) is 2. The van der Waals surface area contributed by atoms with E-state index >= 15 is 0 Å². The first-order valence-electron chi connectivity index (χ1n) is 18.9. The number of pyridine rings is 2. The predicted molar refractivity (Wildman–Crippen MR) is 220 cm³/mol. The van der Waals surface area contributed by atoms with E-state index in [1.54, 1.807) is 14.1 Å². The number of alkyl halides is 3. The second-order valence-corrected chi connectivity index (χ2v) is 13.8. The molecule has 3 N–H and O–H groups in total. The number of hydrogen-bond acceptors (Lipinski definition) is 16. The van der Waals surface area contributed by atoms with Gasteiger partial charge in [-0.25, -0.2) is 48.7 Å². The van der Waals surface area contributed by atoms with Crippen LogP contribution in [0.5, 0.6) is 0 Å². The van der Waals surface area contributed by atoms with Gasteiger partial charge >= 0.3 is 18.1 Å². The van der Waals surface area contributed by atoms with Crippen LogP contribution in [0.25, 0.3) is 22.8 Å². The van der Waals surface area contributed by atoms with Crippen molar-refractivity contribution >= 4 is 41.6 Å². The zero-order valence-corrected chi connectivity index (χ0v) is 35.9. The van der Waals surface area contributed by atoms with Crippen molar-refractivity contribution in [2.24, 2.45) is 14.1 Å². The Labute approximate surface area is 379 Å². The normalized spacial score (nSPS) is 11.9. The summed E-state index contributed by atoms with van der Waals surface area (Å²) in [6, 6.07) is 1.83. The standard InChI is InChI=1S/C23H17F5N8O3.C17H16F2N6O2.ClH/c1-11(15-3-13(24)7-29-19(15)25)39-18(37)4-17-16(10-34-36(17)2)20-30-8-14(9-31-20)35-21(38)12-5-32-22(33-6-12)23(26,27)28;1-9(12-3-10(18)5-21-16(12)19)27-15(26)4-14-13(8-24-25(14)2)17-22-6-11(20)7-23-17;/h3,5-11H,4H2,1-2H3,(H,35,38);3,5-9H,4,20H2,1-2H3;1H/t11-;9-;/m11./s1. The van der Waals surface area contributed by atoms with Gasteiger partial charge in [-0.05, 0) is 26.0 Å². The van der Waals surface area contributed by atoms with Gasteiger partial charge in [0.15, 0.2) is 11.6 Å². The number of hydrogen-bond donors (Lipinski definition) is 2. The maximum Gasteiger partial charge on any atom is 0.451 e. The first-order chi connectivity index (χ1) is 31.3. The number of aromatic nitrogens is 12. The molecule has 7 aromatic rings. The summed E-state index contributed by atoms with van der Waals surface area (Å²) < 4.78 is 105. The van der Waals surface area contributed by atoms with Gasteiger partial charge in [0.2, 0.25) is 17.7 Å². The van der Waals surface area contributed by atoms with Crippen LogP contribution < -0.4 is 11.1 Å². The number of rotatable bonds is 12. The molecule has 0 unspecified atom stereocenters. The van der Waals surface area contributed by atoms with Gasteiger partial charge in [0, 0.05) is 26.5 Å². The van der Waals surface area contributed by atoms with Crippen LogP contribution in [-0.2, 0) is 52.2 Å². The van der Waals surface area contributed by atoms with Crippen molar-refractivity contribution in [2.75, 3.05) is 11.1 Å². The van der Waals surface area contributed by atoms with Crippen molar-refractivity contribution in [3.05, 3.63) is 132 Å². The van der Waals surface area contributed by atoms with Crippen LogP contribution in [-0.4, -0.2) is 77.3 Å². The molecule has 7 aromatic heterocycles. The third-order valence-corrected chi connectivity index (χ3v) is 9.14. The number of nitrogens with zero attached hydrogens (tertiary/aromatic N) is 12. The highest BCUT2D eigenvalue weighted by Gasteiger charge is 2.34. The summed E-state index contributed by atoms with van der Waals surface area (Å²) >= 11 is 0. The third kappa shape index (κ3) is 12.6. The van der Waals surface area contributed by atoms with E-state index in [-0.39, 0.29) is 53.5 Å². The van der Waals surface area contributed by atoms with E-state index in [1.807, 2.05) is 0 Å². The van der Waals surface area contributed by atoms with E-state index in [2.05, 4.69) is 55.4 Å². The largest absolute Gasteiger partial charge is 0.457 e. The number of nitrogen functional groups attached to an aromatic ring is 1. The SMILES string of the molecule is C[C@@H](OC(=O)Cc1c(-c2ncc(N)cn2)cnn1C)c1cc(F)cnc1F.C[C@@H](OC(=O)Cc1c(-c2ncc(NC(=O)c3cnc(C(F)(F)F)nc3)cn2)cnn1C)c1cc(F)cnc1F.Cl. The zero-order chi connectivity index (χ0) is 47.9. The topological polar surface area (TPSA) is 246 Å². The minimum absolute atomic E-state index is 0. The lowest BCUT2D eigenvalue weighted by Gasteiger charge is -2.14. The van der Waals surface area contributed by atoms with E-state index in [0.717, 1.165) is 30.7 Å².